The Morgan fingerprint density at radius 3 is 2.75 bits per heavy atom. The van der Waals surface area contributed by atoms with Crippen LogP contribution in [-0.2, 0) is 4.74 Å². The summed E-state index contributed by atoms with van der Waals surface area (Å²) >= 11 is 0. The molecule has 0 aliphatic carbocycles. The smallest absolute Gasteiger partial charge is 0.0589 e. The quantitative estimate of drug-likeness (QED) is 0.640. The van der Waals surface area contributed by atoms with Crippen molar-refractivity contribution in [2.75, 3.05) is 46.4 Å². The minimum Gasteiger partial charge on any atom is -0.383 e. The van der Waals surface area contributed by atoms with E-state index in [2.05, 4.69) is 30.2 Å². The molecule has 1 saturated heterocycles. The highest BCUT2D eigenvalue weighted by molar-refractivity contribution is 4.94. The lowest BCUT2D eigenvalue weighted by atomic mass is 10.1. The number of methoxy groups -OCH3 is 1. The molecular weight excluding hydrogens is 200 g/mol. The highest BCUT2D eigenvalue weighted by Gasteiger charge is 2.24. The van der Waals surface area contributed by atoms with E-state index in [1.807, 2.05) is 0 Å². The van der Waals surface area contributed by atoms with Crippen molar-refractivity contribution in [1.82, 2.24) is 9.80 Å². The maximum Gasteiger partial charge on any atom is 0.0589 e. The fourth-order valence-corrected chi connectivity index (χ4v) is 2.37. The Hall–Kier alpha value is -0.380. The summed E-state index contributed by atoms with van der Waals surface area (Å²) in [6, 6.07) is 0.684. The molecular formula is C13H26N2O. The van der Waals surface area contributed by atoms with Crippen molar-refractivity contribution in [3.05, 3.63) is 12.2 Å². The van der Waals surface area contributed by atoms with Crippen LogP contribution in [0, 0.1) is 0 Å². The predicted octanol–water partition coefficient (Wildman–Crippen LogP) is 1.61. The number of hydrogen-bond donors (Lipinski definition) is 0. The van der Waals surface area contributed by atoms with Crippen LogP contribution < -0.4 is 0 Å². The summed E-state index contributed by atoms with van der Waals surface area (Å²) in [6.45, 7) is 14.8. The molecule has 1 aliphatic rings. The van der Waals surface area contributed by atoms with Gasteiger partial charge in [0.15, 0.2) is 0 Å². The van der Waals surface area contributed by atoms with Crippen LogP contribution >= 0.6 is 0 Å². The molecule has 16 heavy (non-hydrogen) atoms. The van der Waals surface area contributed by atoms with E-state index in [-0.39, 0.29) is 0 Å². The van der Waals surface area contributed by atoms with Gasteiger partial charge in [-0.3, -0.25) is 9.80 Å². The molecule has 0 N–H and O–H groups in total. The van der Waals surface area contributed by atoms with Gasteiger partial charge >= 0.3 is 0 Å². The Balaban J connectivity index is 2.40. The van der Waals surface area contributed by atoms with Crippen LogP contribution in [0.25, 0.3) is 0 Å². The van der Waals surface area contributed by atoms with Crippen LogP contribution in [0.4, 0.5) is 0 Å². The minimum atomic E-state index is 0.684. The van der Waals surface area contributed by atoms with Gasteiger partial charge in [-0.15, -0.1) is 0 Å². The van der Waals surface area contributed by atoms with Gasteiger partial charge in [-0.2, -0.15) is 0 Å². The Morgan fingerprint density at radius 1 is 1.44 bits per heavy atom. The third-order valence-electron chi connectivity index (χ3n) is 3.24. The lowest BCUT2D eigenvalue weighted by Crippen LogP contribution is -2.53. The first-order valence-corrected chi connectivity index (χ1v) is 6.27. The van der Waals surface area contributed by atoms with Crippen LogP contribution in [0.1, 0.15) is 20.3 Å². The van der Waals surface area contributed by atoms with Crippen molar-refractivity contribution in [2.24, 2.45) is 0 Å². The maximum atomic E-state index is 5.16. The second-order valence-corrected chi connectivity index (χ2v) is 4.78. The summed E-state index contributed by atoms with van der Waals surface area (Å²) in [5.41, 5.74) is 1.26. The summed E-state index contributed by atoms with van der Waals surface area (Å²) in [7, 11) is 1.78. The van der Waals surface area contributed by atoms with Gasteiger partial charge in [0.05, 0.1) is 6.61 Å². The number of ether oxygens (including phenoxy) is 1. The van der Waals surface area contributed by atoms with Crippen molar-refractivity contribution >= 4 is 0 Å². The SMILES string of the molecule is C=C(C)CN1CCN(CCOC)[C@@H](CC)C1. The topological polar surface area (TPSA) is 15.7 Å². The van der Waals surface area contributed by atoms with Crippen LogP contribution in [0.2, 0.25) is 0 Å². The molecule has 1 aliphatic heterocycles. The molecule has 0 saturated carbocycles. The first kappa shape index (κ1) is 13.7. The Kier molecular flexibility index (Phi) is 6.03. The number of hydrogen-bond acceptors (Lipinski definition) is 3. The molecule has 0 radical (unpaired) electrons. The molecule has 1 rings (SSSR count). The van der Waals surface area contributed by atoms with E-state index >= 15 is 0 Å². The molecule has 1 fully saturated rings. The monoisotopic (exact) mass is 226 g/mol. The molecule has 3 heteroatoms. The van der Waals surface area contributed by atoms with Crippen LogP contribution in [0.5, 0.6) is 0 Å². The van der Waals surface area contributed by atoms with Crippen LogP contribution in [0.3, 0.4) is 0 Å². The molecule has 3 nitrogen and oxygen atoms in total. The lowest BCUT2D eigenvalue weighted by Gasteiger charge is -2.41. The minimum absolute atomic E-state index is 0.684. The van der Waals surface area contributed by atoms with Gasteiger partial charge < -0.3 is 4.74 Å². The van der Waals surface area contributed by atoms with E-state index in [0.717, 1.165) is 32.8 Å². The van der Waals surface area contributed by atoms with E-state index < -0.39 is 0 Å². The highest BCUT2D eigenvalue weighted by Crippen LogP contribution is 2.13. The van der Waals surface area contributed by atoms with Crippen LogP contribution in [0.15, 0.2) is 12.2 Å². The summed E-state index contributed by atoms with van der Waals surface area (Å²) < 4.78 is 5.16. The van der Waals surface area contributed by atoms with E-state index in [1.54, 1.807) is 7.11 Å². The van der Waals surface area contributed by atoms with Gasteiger partial charge in [0, 0.05) is 45.9 Å². The van der Waals surface area contributed by atoms with Crippen molar-refractivity contribution in [3.8, 4) is 0 Å². The average Bonchev–Trinajstić information content (AvgIpc) is 2.26. The zero-order valence-electron chi connectivity index (χ0n) is 11.0. The average molecular weight is 226 g/mol. The number of nitrogens with zero attached hydrogens (tertiary/aromatic N) is 2. The van der Waals surface area contributed by atoms with Crippen LogP contribution in [-0.4, -0.2) is 62.3 Å². The molecule has 0 spiro atoms. The summed E-state index contributed by atoms with van der Waals surface area (Å²) in [6.07, 6.45) is 1.22. The zero-order chi connectivity index (χ0) is 12.0. The van der Waals surface area contributed by atoms with Gasteiger partial charge in [-0.1, -0.05) is 19.1 Å². The third-order valence-corrected chi connectivity index (χ3v) is 3.24. The molecule has 1 heterocycles. The highest BCUT2D eigenvalue weighted by atomic mass is 16.5. The van der Waals surface area contributed by atoms with E-state index in [1.165, 1.54) is 18.5 Å². The second-order valence-electron chi connectivity index (χ2n) is 4.78. The lowest BCUT2D eigenvalue weighted by molar-refractivity contribution is 0.0537. The fraction of sp³-hybridized carbons (Fsp3) is 0.846. The third kappa shape index (κ3) is 4.24. The largest absolute Gasteiger partial charge is 0.383 e. The van der Waals surface area contributed by atoms with Gasteiger partial charge in [-0.25, -0.2) is 0 Å². The second kappa shape index (κ2) is 7.05. The van der Waals surface area contributed by atoms with Crippen molar-refractivity contribution in [3.63, 3.8) is 0 Å². The molecule has 0 aromatic heterocycles. The van der Waals surface area contributed by atoms with Crippen molar-refractivity contribution < 1.29 is 4.74 Å². The fourth-order valence-electron chi connectivity index (χ4n) is 2.37. The zero-order valence-corrected chi connectivity index (χ0v) is 11.0. The summed E-state index contributed by atoms with van der Waals surface area (Å²) in [5.74, 6) is 0. The van der Waals surface area contributed by atoms with E-state index in [0.29, 0.717) is 6.04 Å². The molecule has 1 atom stereocenters. The van der Waals surface area contributed by atoms with Gasteiger partial charge in [0.2, 0.25) is 0 Å². The maximum absolute atomic E-state index is 5.16. The molecule has 0 aromatic rings. The molecule has 0 unspecified atom stereocenters. The van der Waals surface area contributed by atoms with Gasteiger partial charge in [-0.05, 0) is 13.3 Å². The summed E-state index contributed by atoms with van der Waals surface area (Å²) in [4.78, 5) is 5.07. The van der Waals surface area contributed by atoms with E-state index in [9.17, 15) is 0 Å². The Labute approximate surface area is 100 Å². The molecule has 0 amide bonds. The molecule has 94 valence electrons. The van der Waals surface area contributed by atoms with Gasteiger partial charge in [0.25, 0.3) is 0 Å². The standard InChI is InChI=1S/C13H26N2O/c1-5-13-11-14(10-12(2)3)6-7-15(13)8-9-16-4/h13H,2,5-11H2,1,3-4H3/t13-/m0/s1. The summed E-state index contributed by atoms with van der Waals surface area (Å²) in [5, 5.41) is 0. The van der Waals surface area contributed by atoms with Gasteiger partial charge in [0.1, 0.15) is 0 Å². The number of rotatable bonds is 6. The molecule has 0 bridgehead atoms. The Morgan fingerprint density at radius 2 is 2.19 bits per heavy atom. The van der Waals surface area contributed by atoms with Crippen molar-refractivity contribution in [1.29, 1.82) is 0 Å². The first-order valence-electron chi connectivity index (χ1n) is 6.27. The molecule has 0 aromatic carbocycles. The van der Waals surface area contributed by atoms with E-state index in [4.69, 9.17) is 4.74 Å². The number of piperazine rings is 1. The predicted molar refractivity (Wildman–Crippen MR) is 68.8 cm³/mol. The van der Waals surface area contributed by atoms with Crippen molar-refractivity contribution in [2.45, 2.75) is 26.3 Å². The first-order chi connectivity index (χ1) is 7.67. The normalized spacial score (nSPS) is 23.6. The Bertz CT molecular complexity index is 218.